The van der Waals surface area contributed by atoms with Gasteiger partial charge in [-0.2, -0.15) is 0 Å². The van der Waals surface area contributed by atoms with Gasteiger partial charge in [-0.25, -0.2) is 4.79 Å². The molecule has 14 heavy (non-hydrogen) atoms. The lowest BCUT2D eigenvalue weighted by Crippen LogP contribution is -1.94. The molecule has 0 saturated heterocycles. The number of carboxylic acids is 1. The molecule has 0 bridgehead atoms. The quantitative estimate of drug-likeness (QED) is 0.743. The van der Waals surface area contributed by atoms with Crippen molar-refractivity contribution >= 4 is 17.9 Å². The van der Waals surface area contributed by atoms with Crippen LogP contribution in [0.3, 0.4) is 0 Å². The Kier molecular flexibility index (Phi) is 3.61. The highest BCUT2D eigenvalue weighted by Crippen LogP contribution is 2.12. The first-order valence-electron chi connectivity index (χ1n) is 4.22. The highest BCUT2D eigenvalue weighted by Gasteiger charge is 1.99. The second kappa shape index (κ2) is 4.97. The normalized spacial score (nSPS) is 11.2. The minimum Gasteiger partial charge on any atom is -0.478 e. The van der Waals surface area contributed by atoms with Crippen LogP contribution >= 0.6 is 0 Å². The summed E-state index contributed by atoms with van der Waals surface area (Å²) in [7, 11) is 0. The molecule has 0 radical (unpaired) electrons. The van der Waals surface area contributed by atoms with E-state index < -0.39 is 5.97 Å². The van der Waals surface area contributed by atoms with E-state index in [4.69, 9.17) is 5.11 Å². The Balaban J connectivity index is 2.78. The molecule has 0 amide bonds. The summed E-state index contributed by atoms with van der Waals surface area (Å²) in [6.45, 7) is 1.90. The number of rotatable bonds is 3. The van der Waals surface area contributed by atoms with Crippen LogP contribution in [0.5, 0.6) is 0 Å². The third kappa shape index (κ3) is 2.86. The fourth-order valence-corrected chi connectivity index (χ4v) is 0.905. The summed E-state index contributed by atoms with van der Waals surface area (Å²) in [5.41, 5.74) is 1.02. The molecule has 1 aromatic carbocycles. The number of aliphatic imine (C=N–C) groups is 1. The molecule has 0 aliphatic rings. The molecule has 1 rings (SSSR count). The topological polar surface area (TPSA) is 49.7 Å². The van der Waals surface area contributed by atoms with Crippen molar-refractivity contribution in [3.63, 3.8) is 0 Å². The molecule has 0 aliphatic carbocycles. The maximum Gasteiger partial charge on any atom is 0.335 e. The van der Waals surface area contributed by atoms with Crippen molar-refractivity contribution in [3.8, 4) is 0 Å². The summed E-state index contributed by atoms with van der Waals surface area (Å²) in [5, 5.41) is 8.64. The molecule has 72 valence electrons. The van der Waals surface area contributed by atoms with Crippen LogP contribution in [-0.4, -0.2) is 17.3 Å². The number of benzene rings is 1. The van der Waals surface area contributed by atoms with Crippen molar-refractivity contribution in [2.45, 2.75) is 6.92 Å². The second-order valence-electron chi connectivity index (χ2n) is 2.66. The molecule has 1 aromatic rings. The minimum absolute atomic E-state index is 0.273. The van der Waals surface area contributed by atoms with E-state index in [1.807, 2.05) is 19.1 Å². The number of carboxylic acid groups (broad SMARTS) is 1. The van der Waals surface area contributed by atoms with Crippen molar-refractivity contribution in [2.75, 3.05) is 0 Å². The van der Waals surface area contributed by atoms with E-state index in [0.29, 0.717) is 0 Å². The first kappa shape index (κ1) is 10.2. The lowest BCUT2D eigenvalue weighted by molar-refractivity contribution is 0.0697. The molecule has 3 heteroatoms. The van der Waals surface area contributed by atoms with Crippen molar-refractivity contribution in [2.24, 2.45) is 4.99 Å². The molecular weight excluding hydrogens is 178 g/mol. The maximum atomic E-state index is 10.5. The highest BCUT2D eigenvalue weighted by molar-refractivity contribution is 5.88. The minimum atomic E-state index is -0.922. The predicted molar refractivity (Wildman–Crippen MR) is 56.4 cm³/mol. The molecule has 0 fully saturated rings. The Morgan fingerprint density at radius 2 is 2.00 bits per heavy atom. The fraction of sp³-hybridized carbons (Fsp3) is 0.0909. The van der Waals surface area contributed by atoms with E-state index in [1.165, 1.54) is 12.1 Å². The standard InChI is InChI=1S/C11H11NO2/c1-2-3-8-12-10-6-4-9(5-7-10)11(13)14/h2-8H,1H3,(H,13,14). The van der Waals surface area contributed by atoms with Crippen molar-refractivity contribution < 1.29 is 9.90 Å². The lowest BCUT2D eigenvalue weighted by atomic mass is 10.2. The molecule has 0 saturated carbocycles. The van der Waals surface area contributed by atoms with Crippen LogP contribution in [-0.2, 0) is 0 Å². The summed E-state index contributed by atoms with van der Waals surface area (Å²) < 4.78 is 0. The van der Waals surface area contributed by atoms with Crippen molar-refractivity contribution in [1.29, 1.82) is 0 Å². The van der Waals surface area contributed by atoms with Crippen molar-refractivity contribution in [1.82, 2.24) is 0 Å². The zero-order chi connectivity index (χ0) is 10.4. The van der Waals surface area contributed by atoms with Crippen LogP contribution in [0.15, 0.2) is 41.4 Å². The molecule has 0 heterocycles. The molecule has 0 atom stereocenters. The molecule has 0 aromatic heterocycles. The second-order valence-corrected chi connectivity index (χ2v) is 2.66. The van der Waals surface area contributed by atoms with E-state index in [-0.39, 0.29) is 5.56 Å². The molecule has 3 nitrogen and oxygen atoms in total. The molecule has 1 N–H and O–H groups in total. The van der Waals surface area contributed by atoms with Crippen LogP contribution in [0.4, 0.5) is 5.69 Å². The number of hydrogen-bond acceptors (Lipinski definition) is 2. The average Bonchev–Trinajstić information content (AvgIpc) is 2.19. The SMILES string of the molecule is CC=CC=Nc1ccc(C(=O)O)cc1. The average molecular weight is 189 g/mol. The van der Waals surface area contributed by atoms with Crippen LogP contribution in [0, 0.1) is 0 Å². The monoisotopic (exact) mass is 189 g/mol. The van der Waals surface area contributed by atoms with Crippen LogP contribution in [0.25, 0.3) is 0 Å². The van der Waals surface area contributed by atoms with Gasteiger partial charge in [-0.1, -0.05) is 6.08 Å². The molecule has 0 unspecified atom stereocenters. The summed E-state index contributed by atoms with van der Waals surface area (Å²) in [4.78, 5) is 14.6. The Labute approximate surface area is 82.4 Å². The van der Waals surface area contributed by atoms with Crippen LogP contribution < -0.4 is 0 Å². The van der Waals surface area contributed by atoms with Gasteiger partial charge in [0.25, 0.3) is 0 Å². The van der Waals surface area contributed by atoms with E-state index in [1.54, 1.807) is 18.3 Å². The summed E-state index contributed by atoms with van der Waals surface area (Å²) in [5.74, 6) is -0.922. The van der Waals surface area contributed by atoms with Gasteiger partial charge in [0.05, 0.1) is 11.3 Å². The number of aromatic carboxylic acids is 1. The highest BCUT2D eigenvalue weighted by atomic mass is 16.4. The van der Waals surface area contributed by atoms with Crippen LogP contribution in [0.2, 0.25) is 0 Å². The summed E-state index contributed by atoms with van der Waals surface area (Å²) in [6.07, 6.45) is 5.34. The van der Waals surface area contributed by atoms with Gasteiger partial charge < -0.3 is 5.11 Å². The molecule has 0 spiro atoms. The van der Waals surface area contributed by atoms with Gasteiger partial charge in [0.2, 0.25) is 0 Å². The van der Waals surface area contributed by atoms with Gasteiger partial charge in [-0.05, 0) is 37.3 Å². The third-order valence-corrected chi connectivity index (χ3v) is 1.62. The van der Waals surface area contributed by atoms with Crippen molar-refractivity contribution in [3.05, 3.63) is 42.0 Å². The van der Waals surface area contributed by atoms with E-state index in [2.05, 4.69) is 4.99 Å². The summed E-state index contributed by atoms with van der Waals surface area (Å²) in [6, 6.07) is 6.40. The van der Waals surface area contributed by atoms with Gasteiger partial charge in [0.15, 0.2) is 0 Å². The zero-order valence-electron chi connectivity index (χ0n) is 7.84. The number of nitrogens with zero attached hydrogens (tertiary/aromatic N) is 1. The molecular formula is C11H11NO2. The predicted octanol–water partition coefficient (Wildman–Crippen LogP) is 2.66. The van der Waals surface area contributed by atoms with Gasteiger partial charge in [0.1, 0.15) is 0 Å². The number of allylic oxidation sites excluding steroid dienone is 2. The van der Waals surface area contributed by atoms with Gasteiger partial charge in [-0.3, -0.25) is 4.99 Å². The fourth-order valence-electron chi connectivity index (χ4n) is 0.905. The largest absolute Gasteiger partial charge is 0.478 e. The van der Waals surface area contributed by atoms with Gasteiger partial charge in [-0.15, -0.1) is 0 Å². The van der Waals surface area contributed by atoms with Gasteiger partial charge in [0, 0.05) is 6.21 Å². The molecule has 0 aliphatic heterocycles. The Morgan fingerprint density at radius 3 is 2.50 bits per heavy atom. The Morgan fingerprint density at radius 1 is 1.36 bits per heavy atom. The van der Waals surface area contributed by atoms with Crippen LogP contribution in [0.1, 0.15) is 17.3 Å². The zero-order valence-corrected chi connectivity index (χ0v) is 7.84. The van der Waals surface area contributed by atoms with E-state index in [0.717, 1.165) is 5.69 Å². The van der Waals surface area contributed by atoms with E-state index in [9.17, 15) is 4.79 Å². The lowest BCUT2D eigenvalue weighted by Gasteiger charge is -1.94. The first-order valence-corrected chi connectivity index (χ1v) is 4.22. The maximum absolute atomic E-state index is 10.5. The number of hydrogen-bond donors (Lipinski definition) is 1. The van der Waals surface area contributed by atoms with Gasteiger partial charge >= 0.3 is 5.97 Å². The smallest absolute Gasteiger partial charge is 0.335 e. The Hall–Kier alpha value is -1.90. The number of carbonyl (C=O) groups is 1. The van der Waals surface area contributed by atoms with E-state index >= 15 is 0 Å². The summed E-state index contributed by atoms with van der Waals surface area (Å²) >= 11 is 0. The third-order valence-electron chi connectivity index (χ3n) is 1.62. The first-order chi connectivity index (χ1) is 6.74. The Bertz CT molecular complexity index is 363.